The zero-order valence-electron chi connectivity index (χ0n) is 15.5. The molecule has 146 valence electrons. The topological polar surface area (TPSA) is 102 Å². The summed E-state index contributed by atoms with van der Waals surface area (Å²) in [7, 11) is -2.49. The lowest BCUT2D eigenvalue weighted by Gasteiger charge is -2.34. The molecule has 1 heterocycles. The number of hydrogen-bond acceptors (Lipinski definition) is 6. The molecule has 0 aromatic heterocycles. The van der Waals surface area contributed by atoms with E-state index in [0.717, 1.165) is 25.7 Å². The first kappa shape index (κ1) is 20.6. The Morgan fingerprint density at radius 1 is 1.31 bits per heavy atom. The van der Waals surface area contributed by atoms with Gasteiger partial charge < -0.3 is 9.64 Å². The van der Waals surface area contributed by atoms with Crippen LogP contribution < -0.4 is 9.46 Å². The van der Waals surface area contributed by atoms with Gasteiger partial charge in [-0.2, -0.15) is 0 Å². The molecule has 0 spiro atoms. The minimum Gasteiger partial charge on any atom is -0.490 e. The second-order valence-corrected chi connectivity index (χ2v) is 8.81. The van der Waals surface area contributed by atoms with Gasteiger partial charge in [0.15, 0.2) is 5.75 Å². The van der Waals surface area contributed by atoms with Gasteiger partial charge in [-0.3, -0.25) is 10.1 Å². The summed E-state index contributed by atoms with van der Waals surface area (Å²) in [6, 6.07) is 3.63. The number of piperidine rings is 1. The van der Waals surface area contributed by atoms with Gasteiger partial charge in [0, 0.05) is 25.7 Å². The van der Waals surface area contributed by atoms with Crippen LogP contribution in [0.4, 0.5) is 5.69 Å². The Kier molecular flexibility index (Phi) is 6.96. The van der Waals surface area contributed by atoms with E-state index in [1.165, 1.54) is 25.7 Å². The smallest absolute Gasteiger partial charge is 0.312 e. The van der Waals surface area contributed by atoms with E-state index >= 15 is 0 Å². The zero-order valence-corrected chi connectivity index (χ0v) is 16.3. The van der Waals surface area contributed by atoms with Crippen LogP contribution in [0.2, 0.25) is 0 Å². The second-order valence-electron chi connectivity index (χ2n) is 7.05. The molecule has 1 N–H and O–H groups in total. The maximum atomic E-state index is 12.4. The number of rotatable bonds is 8. The monoisotopic (exact) mass is 385 g/mol. The fraction of sp³-hybridized carbons (Fsp3) is 0.647. The molecule has 26 heavy (non-hydrogen) atoms. The van der Waals surface area contributed by atoms with E-state index in [9.17, 15) is 18.5 Å². The molecule has 2 atom stereocenters. The van der Waals surface area contributed by atoms with Crippen LogP contribution in [0.5, 0.6) is 5.75 Å². The fourth-order valence-electron chi connectivity index (χ4n) is 3.55. The molecular weight excluding hydrogens is 358 g/mol. The lowest BCUT2D eigenvalue weighted by molar-refractivity contribution is -0.386. The number of likely N-dealkylation sites (tertiary alicyclic amines) is 1. The van der Waals surface area contributed by atoms with Crippen molar-refractivity contribution < 1.29 is 18.1 Å². The summed E-state index contributed by atoms with van der Waals surface area (Å²) >= 11 is 0. The molecular formula is C17H27N3O5S. The maximum absolute atomic E-state index is 12.4. The number of nitro groups is 1. The van der Waals surface area contributed by atoms with Crippen LogP contribution in [-0.2, 0) is 10.0 Å². The first-order valence-corrected chi connectivity index (χ1v) is 10.3. The average Bonchev–Trinajstić information content (AvgIpc) is 2.57. The molecule has 1 aromatic carbocycles. The van der Waals surface area contributed by atoms with E-state index in [4.69, 9.17) is 4.74 Å². The van der Waals surface area contributed by atoms with E-state index in [1.54, 1.807) is 0 Å². The third-order valence-electron chi connectivity index (χ3n) is 4.54. The third-order valence-corrected chi connectivity index (χ3v) is 6.00. The quantitative estimate of drug-likeness (QED) is 0.418. The number of ether oxygens (including phenoxy) is 1. The average molecular weight is 385 g/mol. The highest BCUT2D eigenvalue weighted by Crippen LogP contribution is 2.29. The number of methoxy groups -OCH3 is 1. The minimum atomic E-state index is -3.79. The van der Waals surface area contributed by atoms with Gasteiger partial charge in [-0.05, 0) is 43.4 Å². The van der Waals surface area contributed by atoms with Crippen LogP contribution in [0, 0.1) is 22.0 Å². The second kappa shape index (κ2) is 8.79. The Bertz CT molecular complexity index is 728. The Labute approximate surface area is 154 Å². The predicted octanol–water partition coefficient (Wildman–Crippen LogP) is 2.25. The Morgan fingerprint density at radius 2 is 1.96 bits per heavy atom. The summed E-state index contributed by atoms with van der Waals surface area (Å²) < 4.78 is 32.2. The van der Waals surface area contributed by atoms with Crippen molar-refractivity contribution in [2.75, 3.05) is 33.3 Å². The molecule has 9 heteroatoms. The summed E-state index contributed by atoms with van der Waals surface area (Å²) in [4.78, 5) is 12.6. The van der Waals surface area contributed by atoms with Gasteiger partial charge in [0.25, 0.3) is 0 Å². The fourth-order valence-corrected chi connectivity index (χ4v) is 4.64. The summed E-state index contributed by atoms with van der Waals surface area (Å²) in [5, 5.41) is 11.1. The molecule has 1 aliphatic heterocycles. The number of nitrogens with one attached hydrogen (secondary N) is 1. The summed E-state index contributed by atoms with van der Waals surface area (Å²) in [5.41, 5.74) is -0.369. The van der Waals surface area contributed by atoms with Crippen LogP contribution in [0.3, 0.4) is 0 Å². The van der Waals surface area contributed by atoms with Gasteiger partial charge in [0.1, 0.15) is 0 Å². The van der Waals surface area contributed by atoms with Crippen LogP contribution in [0.15, 0.2) is 23.1 Å². The first-order valence-electron chi connectivity index (χ1n) is 8.77. The lowest BCUT2D eigenvalue weighted by Crippen LogP contribution is -2.40. The maximum Gasteiger partial charge on any atom is 0.312 e. The summed E-state index contributed by atoms with van der Waals surface area (Å²) in [5.74, 6) is 1.35. The molecule has 1 aromatic rings. The van der Waals surface area contributed by atoms with Gasteiger partial charge in [-0.1, -0.05) is 13.8 Å². The number of nitrogens with zero attached hydrogens (tertiary/aromatic N) is 2. The van der Waals surface area contributed by atoms with Crippen molar-refractivity contribution in [1.29, 1.82) is 0 Å². The van der Waals surface area contributed by atoms with E-state index < -0.39 is 14.9 Å². The van der Waals surface area contributed by atoms with Gasteiger partial charge in [-0.25, -0.2) is 13.1 Å². The molecule has 0 bridgehead atoms. The van der Waals surface area contributed by atoms with Crippen LogP contribution in [0.25, 0.3) is 0 Å². The molecule has 1 saturated heterocycles. The third kappa shape index (κ3) is 5.39. The van der Waals surface area contributed by atoms with Crippen molar-refractivity contribution in [2.45, 2.75) is 31.6 Å². The van der Waals surface area contributed by atoms with Crippen LogP contribution in [0.1, 0.15) is 26.7 Å². The molecule has 2 unspecified atom stereocenters. The number of hydrogen-bond donors (Lipinski definition) is 1. The van der Waals surface area contributed by atoms with Crippen molar-refractivity contribution in [1.82, 2.24) is 9.62 Å². The van der Waals surface area contributed by atoms with Crippen molar-refractivity contribution in [3.63, 3.8) is 0 Å². The van der Waals surface area contributed by atoms with Crippen molar-refractivity contribution >= 4 is 15.7 Å². The SMILES string of the molecule is COc1ccc(S(=O)(=O)NCCCN2CC(C)CC(C)C2)cc1[N+](=O)[O-]. The van der Waals surface area contributed by atoms with Crippen molar-refractivity contribution in [2.24, 2.45) is 11.8 Å². The molecule has 8 nitrogen and oxygen atoms in total. The number of nitro benzene ring substituents is 1. The highest BCUT2D eigenvalue weighted by molar-refractivity contribution is 7.89. The molecule has 0 aliphatic carbocycles. The largest absolute Gasteiger partial charge is 0.490 e. The van der Waals surface area contributed by atoms with E-state index in [2.05, 4.69) is 23.5 Å². The highest BCUT2D eigenvalue weighted by atomic mass is 32.2. The Morgan fingerprint density at radius 3 is 2.54 bits per heavy atom. The first-order chi connectivity index (χ1) is 12.2. The molecule has 2 rings (SSSR count). The number of sulfonamides is 1. The van der Waals surface area contributed by atoms with Crippen LogP contribution in [-0.4, -0.2) is 51.5 Å². The van der Waals surface area contributed by atoms with Crippen molar-refractivity contribution in [3.8, 4) is 5.75 Å². The van der Waals surface area contributed by atoms with Gasteiger partial charge in [-0.15, -0.1) is 0 Å². The van der Waals surface area contributed by atoms with Gasteiger partial charge >= 0.3 is 5.69 Å². The standard InChI is InChI=1S/C17H27N3O5S/c1-13-9-14(2)12-19(11-13)8-4-7-18-26(23,24)15-5-6-17(25-3)16(10-15)20(21)22/h5-6,10,13-14,18H,4,7-9,11-12H2,1-3H3. The summed E-state index contributed by atoms with van der Waals surface area (Å²) in [6.45, 7) is 7.69. The van der Waals surface area contributed by atoms with Gasteiger partial charge in [0.05, 0.1) is 16.9 Å². The minimum absolute atomic E-state index is 0.0299. The zero-order chi connectivity index (χ0) is 19.3. The van der Waals surface area contributed by atoms with Crippen molar-refractivity contribution in [3.05, 3.63) is 28.3 Å². The molecule has 1 fully saturated rings. The normalized spacial score (nSPS) is 21.5. The Balaban J connectivity index is 1.92. The van der Waals surface area contributed by atoms with E-state index in [-0.39, 0.29) is 16.3 Å². The van der Waals surface area contributed by atoms with E-state index in [0.29, 0.717) is 24.8 Å². The molecule has 0 saturated carbocycles. The van der Waals surface area contributed by atoms with Gasteiger partial charge in [0.2, 0.25) is 10.0 Å². The van der Waals surface area contributed by atoms with Crippen LogP contribution >= 0.6 is 0 Å². The Hall–Kier alpha value is -1.71. The summed E-state index contributed by atoms with van der Waals surface area (Å²) in [6.07, 6.45) is 1.93. The highest BCUT2D eigenvalue weighted by Gasteiger charge is 2.23. The number of benzene rings is 1. The molecule has 1 aliphatic rings. The predicted molar refractivity (Wildman–Crippen MR) is 98.8 cm³/mol. The lowest BCUT2D eigenvalue weighted by atomic mass is 9.92. The molecule has 0 radical (unpaired) electrons. The molecule has 0 amide bonds. The van der Waals surface area contributed by atoms with E-state index in [1.807, 2.05) is 0 Å².